The SMILES string of the molecule is CC1(C)[C@@H]2CC[C@@]1(C)[C@@H](OCC(NCCc1ccccc1)c1ccccc1)C2. The Kier molecular flexibility index (Phi) is 5.62. The molecule has 0 saturated heterocycles. The van der Waals surface area contributed by atoms with Crippen LogP contribution in [0.5, 0.6) is 0 Å². The van der Waals surface area contributed by atoms with E-state index in [1.807, 2.05) is 0 Å². The average Bonchev–Trinajstić information content (AvgIpc) is 3.05. The molecule has 0 amide bonds. The Balaban J connectivity index is 1.39. The first-order valence-corrected chi connectivity index (χ1v) is 10.9. The summed E-state index contributed by atoms with van der Waals surface area (Å²) in [5.74, 6) is 0.823. The zero-order valence-electron chi connectivity index (χ0n) is 17.7. The van der Waals surface area contributed by atoms with Crippen LogP contribution in [0.4, 0.5) is 0 Å². The van der Waals surface area contributed by atoms with Crippen LogP contribution in [-0.2, 0) is 11.2 Å². The van der Waals surface area contributed by atoms with Gasteiger partial charge in [0.25, 0.3) is 0 Å². The van der Waals surface area contributed by atoms with Gasteiger partial charge in [0.2, 0.25) is 0 Å². The third-order valence-corrected chi connectivity index (χ3v) is 8.03. The van der Waals surface area contributed by atoms with Gasteiger partial charge in [-0.2, -0.15) is 0 Å². The molecule has 0 aliphatic heterocycles. The summed E-state index contributed by atoms with van der Waals surface area (Å²) >= 11 is 0. The lowest BCUT2D eigenvalue weighted by molar-refractivity contribution is -0.0537. The number of nitrogens with one attached hydrogen (secondary N) is 1. The van der Waals surface area contributed by atoms with Gasteiger partial charge in [0, 0.05) is 0 Å². The Hall–Kier alpha value is -1.64. The van der Waals surface area contributed by atoms with Gasteiger partial charge in [-0.25, -0.2) is 0 Å². The summed E-state index contributed by atoms with van der Waals surface area (Å²) in [6.45, 7) is 9.09. The van der Waals surface area contributed by atoms with E-state index in [0.717, 1.165) is 25.5 Å². The highest BCUT2D eigenvalue weighted by Crippen LogP contribution is 2.66. The van der Waals surface area contributed by atoms with Gasteiger partial charge in [-0.3, -0.25) is 0 Å². The maximum Gasteiger partial charge on any atom is 0.0665 e. The van der Waals surface area contributed by atoms with Gasteiger partial charge in [-0.15, -0.1) is 0 Å². The number of benzene rings is 2. The van der Waals surface area contributed by atoms with E-state index in [1.165, 1.54) is 30.4 Å². The molecule has 2 aliphatic carbocycles. The molecule has 0 heterocycles. The van der Waals surface area contributed by atoms with Crippen LogP contribution in [0.25, 0.3) is 0 Å². The van der Waals surface area contributed by atoms with Gasteiger partial charge in [0.15, 0.2) is 0 Å². The minimum atomic E-state index is 0.246. The summed E-state index contributed by atoms with van der Waals surface area (Å²) in [6, 6.07) is 21.7. The summed E-state index contributed by atoms with van der Waals surface area (Å²) in [5.41, 5.74) is 3.43. The van der Waals surface area contributed by atoms with Crippen molar-refractivity contribution in [3.8, 4) is 0 Å². The molecule has 1 unspecified atom stereocenters. The van der Waals surface area contributed by atoms with Crippen LogP contribution in [0.3, 0.4) is 0 Å². The molecular weight excluding hydrogens is 342 g/mol. The molecule has 2 aliphatic rings. The largest absolute Gasteiger partial charge is 0.376 e. The van der Waals surface area contributed by atoms with Crippen molar-refractivity contribution in [2.45, 2.75) is 58.6 Å². The molecular formula is C26H35NO. The molecule has 2 bridgehead atoms. The summed E-state index contributed by atoms with van der Waals surface area (Å²) in [6.07, 6.45) is 5.35. The Bertz CT molecular complexity index is 757. The van der Waals surface area contributed by atoms with Crippen LogP contribution in [0.1, 0.15) is 57.2 Å². The average molecular weight is 378 g/mol. The van der Waals surface area contributed by atoms with E-state index in [2.05, 4.69) is 86.8 Å². The highest BCUT2D eigenvalue weighted by Gasteiger charge is 2.61. The van der Waals surface area contributed by atoms with Crippen molar-refractivity contribution in [1.29, 1.82) is 0 Å². The third-order valence-electron chi connectivity index (χ3n) is 8.03. The molecule has 2 nitrogen and oxygen atoms in total. The summed E-state index contributed by atoms with van der Waals surface area (Å²) < 4.78 is 6.63. The minimum absolute atomic E-state index is 0.246. The highest BCUT2D eigenvalue weighted by molar-refractivity contribution is 5.20. The Morgan fingerprint density at radius 1 is 1.00 bits per heavy atom. The Labute approximate surface area is 170 Å². The summed E-state index contributed by atoms with van der Waals surface area (Å²) in [4.78, 5) is 0. The fraction of sp³-hybridized carbons (Fsp3) is 0.538. The quantitative estimate of drug-likeness (QED) is 0.628. The van der Waals surface area contributed by atoms with Crippen molar-refractivity contribution in [1.82, 2.24) is 5.32 Å². The molecule has 28 heavy (non-hydrogen) atoms. The normalized spacial score (nSPS) is 29.1. The molecule has 4 rings (SSSR count). The van der Waals surface area contributed by atoms with Gasteiger partial charge < -0.3 is 10.1 Å². The van der Waals surface area contributed by atoms with E-state index in [-0.39, 0.29) is 6.04 Å². The van der Waals surface area contributed by atoms with Crippen LogP contribution in [0, 0.1) is 16.7 Å². The van der Waals surface area contributed by atoms with Crippen molar-refractivity contribution in [2.24, 2.45) is 16.7 Å². The molecule has 150 valence electrons. The Morgan fingerprint density at radius 3 is 2.29 bits per heavy atom. The van der Waals surface area contributed by atoms with Gasteiger partial charge >= 0.3 is 0 Å². The van der Waals surface area contributed by atoms with Crippen molar-refractivity contribution in [3.63, 3.8) is 0 Å². The standard InChI is InChI=1S/C26H35NO/c1-25(2)22-14-16-26(25,3)24(18-22)28-19-23(21-12-8-5-9-13-21)27-17-15-20-10-6-4-7-11-20/h4-13,22-24,27H,14-19H2,1-3H3/t22-,23?,24+,26+/m1/s1. The monoisotopic (exact) mass is 377 g/mol. The van der Waals surface area contributed by atoms with E-state index >= 15 is 0 Å². The fourth-order valence-electron chi connectivity index (χ4n) is 5.59. The molecule has 4 atom stereocenters. The zero-order valence-corrected chi connectivity index (χ0v) is 17.7. The van der Waals surface area contributed by atoms with Gasteiger partial charge in [0.05, 0.1) is 18.8 Å². The van der Waals surface area contributed by atoms with Crippen LogP contribution in [0.15, 0.2) is 60.7 Å². The number of rotatable bonds is 8. The molecule has 0 aromatic heterocycles. The van der Waals surface area contributed by atoms with Crippen molar-refractivity contribution >= 4 is 0 Å². The van der Waals surface area contributed by atoms with Crippen LogP contribution < -0.4 is 5.32 Å². The van der Waals surface area contributed by atoms with Crippen molar-refractivity contribution < 1.29 is 4.74 Å². The predicted octanol–water partition coefficient (Wildman–Crippen LogP) is 5.79. The highest BCUT2D eigenvalue weighted by atomic mass is 16.5. The molecule has 2 saturated carbocycles. The first-order chi connectivity index (χ1) is 13.5. The first-order valence-electron chi connectivity index (χ1n) is 10.9. The van der Waals surface area contributed by atoms with Crippen LogP contribution in [-0.4, -0.2) is 19.3 Å². The molecule has 0 radical (unpaired) electrons. The van der Waals surface area contributed by atoms with Gasteiger partial charge in [-0.1, -0.05) is 81.4 Å². The molecule has 1 N–H and O–H groups in total. The predicted molar refractivity (Wildman–Crippen MR) is 116 cm³/mol. The lowest BCUT2D eigenvalue weighted by atomic mass is 9.70. The summed E-state index contributed by atoms with van der Waals surface area (Å²) in [7, 11) is 0. The topological polar surface area (TPSA) is 21.3 Å². The number of hydrogen-bond acceptors (Lipinski definition) is 2. The minimum Gasteiger partial charge on any atom is -0.376 e. The first kappa shape index (κ1) is 19.7. The lowest BCUT2D eigenvalue weighted by Crippen LogP contribution is -2.39. The van der Waals surface area contributed by atoms with Gasteiger partial charge in [0.1, 0.15) is 0 Å². The molecule has 2 aromatic rings. The van der Waals surface area contributed by atoms with E-state index < -0.39 is 0 Å². The second-order valence-electron chi connectivity index (χ2n) is 9.59. The second-order valence-corrected chi connectivity index (χ2v) is 9.59. The lowest BCUT2D eigenvalue weighted by Gasteiger charge is -2.39. The van der Waals surface area contributed by atoms with E-state index in [4.69, 9.17) is 4.74 Å². The number of hydrogen-bond donors (Lipinski definition) is 1. The zero-order chi connectivity index (χ0) is 19.6. The maximum atomic E-state index is 6.63. The summed E-state index contributed by atoms with van der Waals surface area (Å²) in [5, 5.41) is 3.76. The van der Waals surface area contributed by atoms with Gasteiger partial charge in [-0.05, 0) is 60.1 Å². The van der Waals surface area contributed by atoms with E-state index in [0.29, 0.717) is 16.9 Å². The molecule has 2 aromatic carbocycles. The maximum absolute atomic E-state index is 6.63. The molecule has 0 spiro atoms. The Morgan fingerprint density at radius 2 is 1.68 bits per heavy atom. The fourth-order valence-corrected chi connectivity index (χ4v) is 5.59. The second kappa shape index (κ2) is 8.00. The molecule has 2 fully saturated rings. The van der Waals surface area contributed by atoms with Crippen LogP contribution in [0.2, 0.25) is 0 Å². The molecule has 2 heteroatoms. The van der Waals surface area contributed by atoms with E-state index in [9.17, 15) is 0 Å². The third kappa shape index (κ3) is 3.65. The van der Waals surface area contributed by atoms with Crippen molar-refractivity contribution in [2.75, 3.05) is 13.2 Å². The number of fused-ring (bicyclic) bond motifs is 2. The number of ether oxygens (including phenoxy) is 1. The smallest absolute Gasteiger partial charge is 0.0665 e. The van der Waals surface area contributed by atoms with E-state index in [1.54, 1.807) is 0 Å². The van der Waals surface area contributed by atoms with Crippen LogP contribution >= 0.6 is 0 Å². The van der Waals surface area contributed by atoms with Crippen molar-refractivity contribution in [3.05, 3.63) is 71.8 Å².